The molecule has 0 atom stereocenters. The van der Waals surface area contributed by atoms with E-state index in [0.29, 0.717) is 22.0 Å². The van der Waals surface area contributed by atoms with Gasteiger partial charge in [-0.05, 0) is 23.3 Å². The summed E-state index contributed by atoms with van der Waals surface area (Å²) in [5, 5.41) is 28.4. The van der Waals surface area contributed by atoms with Crippen molar-refractivity contribution in [1.82, 2.24) is 10.3 Å². The van der Waals surface area contributed by atoms with Crippen molar-refractivity contribution < 1.29 is 24.6 Å². The SMILES string of the molecule is O=C(O)Cc1cccc(/C=C/C(=O)NC(=O)N=Nc2c(O)[nH]c3ccccc23)c1. The molecule has 0 aliphatic heterocycles. The summed E-state index contributed by atoms with van der Waals surface area (Å²) in [5.74, 6) is -1.92. The number of nitrogens with one attached hydrogen (secondary N) is 2. The van der Waals surface area contributed by atoms with Crippen LogP contribution in [0.1, 0.15) is 11.1 Å². The zero-order valence-corrected chi connectivity index (χ0v) is 15.0. The molecule has 3 amide bonds. The van der Waals surface area contributed by atoms with E-state index in [1.807, 2.05) is 5.32 Å². The smallest absolute Gasteiger partial charge is 0.366 e. The Hall–Kier alpha value is -4.27. The number of benzene rings is 2. The van der Waals surface area contributed by atoms with Crippen LogP contribution in [0.3, 0.4) is 0 Å². The lowest BCUT2D eigenvalue weighted by Gasteiger charge is -1.99. The molecule has 0 aliphatic rings. The van der Waals surface area contributed by atoms with E-state index >= 15 is 0 Å². The van der Waals surface area contributed by atoms with Gasteiger partial charge < -0.3 is 15.2 Å². The van der Waals surface area contributed by atoms with Gasteiger partial charge in [0, 0.05) is 11.5 Å². The third-order valence-electron chi connectivity index (χ3n) is 3.86. The third-order valence-corrected chi connectivity index (χ3v) is 3.86. The molecule has 0 saturated carbocycles. The summed E-state index contributed by atoms with van der Waals surface area (Å²) in [4.78, 5) is 37.1. The number of hydrogen-bond donors (Lipinski definition) is 4. The van der Waals surface area contributed by atoms with Crippen LogP contribution in [-0.2, 0) is 16.0 Å². The number of imide groups is 1. The van der Waals surface area contributed by atoms with E-state index in [4.69, 9.17) is 5.11 Å². The number of rotatable bonds is 5. The van der Waals surface area contributed by atoms with Crippen molar-refractivity contribution in [2.45, 2.75) is 6.42 Å². The molecular weight excluding hydrogens is 376 g/mol. The molecule has 0 spiro atoms. The van der Waals surface area contributed by atoms with Gasteiger partial charge in [-0.15, -0.1) is 5.11 Å². The van der Waals surface area contributed by atoms with Gasteiger partial charge in [0.25, 0.3) is 5.91 Å². The number of aromatic amines is 1. The third kappa shape index (κ3) is 5.13. The highest BCUT2D eigenvalue weighted by molar-refractivity contribution is 6.02. The first-order chi connectivity index (χ1) is 13.9. The second-order valence-electron chi connectivity index (χ2n) is 6.01. The summed E-state index contributed by atoms with van der Waals surface area (Å²) in [5.41, 5.74) is 1.91. The van der Waals surface area contributed by atoms with Crippen LogP contribution in [0.2, 0.25) is 0 Å². The van der Waals surface area contributed by atoms with Crippen molar-refractivity contribution in [2.24, 2.45) is 10.2 Å². The Morgan fingerprint density at radius 2 is 1.90 bits per heavy atom. The average molecular weight is 392 g/mol. The molecule has 0 aliphatic carbocycles. The van der Waals surface area contributed by atoms with Gasteiger partial charge in [0.05, 0.1) is 11.9 Å². The van der Waals surface area contributed by atoms with E-state index in [1.54, 1.807) is 48.5 Å². The highest BCUT2D eigenvalue weighted by Crippen LogP contribution is 2.35. The summed E-state index contributed by atoms with van der Waals surface area (Å²) in [6.45, 7) is 0. The Morgan fingerprint density at radius 1 is 1.10 bits per heavy atom. The Balaban J connectivity index is 1.62. The lowest BCUT2D eigenvalue weighted by atomic mass is 10.1. The molecule has 3 aromatic rings. The van der Waals surface area contributed by atoms with Gasteiger partial charge in [-0.1, -0.05) is 47.6 Å². The number of hydrogen-bond acceptors (Lipinski definition) is 5. The molecule has 0 bridgehead atoms. The summed E-state index contributed by atoms with van der Waals surface area (Å²) < 4.78 is 0. The first-order valence-electron chi connectivity index (χ1n) is 8.47. The highest BCUT2D eigenvalue weighted by atomic mass is 16.4. The molecule has 0 saturated heterocycles. The summed E-state index contributed by atoms with van der Waals surface area (Å²) in [7, 11) is 0. The van der Waals surface area contributed by atoms with Crippen molar-refractivity contribution >= 4 is 40.6 Å². The second-order valence-corrected chi connectivity index (χ2v) is 6.01. The molecule has 0 fully saturated rings. The fourth-order valence-corrected chi connectivity index (χ4v) is 2.63. The number of carboxylic acids is 1. The maximum atomic E-state index is 11.9. The van der Waals surface area contributed by atoms with Crippen LogP contribution in [0.4, 0.5) is 10.5 Å². The van der Waals surface area contributed by atoms with Crippen molar-refractivity contribution in [3.8, 4) is 5.88 Å². The number of H-pyrrole nitrogens is 1. The van der Waals surface area contributed by atoms with E-state index < -0.39 is 17.9 Å². The number of carboxylic acid groups (broad SMARTS) is 1. The van der Waals surface area contributed by atoms with Gasteiger partial charge >= 0.3 is 12.0 Å². The predicted octanol–water partition coefficient (Wildman–Crippen LogP) is 3.53. The molecular formula is C20H16N4O5. The number of amides is 3. The molecule has 9 heteroatoms. The topological polar surface area (TPSA) is 144 Å². The van der Waals surface area contributed by atoms with Crippen molar-refractivity contribution in [3.05, 3.63) is 65.7 Å². The minimum absolute atomic E-state index is 0.0917. The van der Waals surface area contributed by atoms with Crippen LogP contribution in [0.25, 0.3) is 17.0 Å². The van der Waals surface area contributed by atoms with Gasteiger partial charge in [-0.25, -0.2) is 4.79 Å². The predicted molar refractivity (Wildman–Crippen MR) is 105 cm³/mol. The van der Waals surface area contributed by atoms with Crippen LogP contribution in [0.15, 0.2) is 64.8 Å². The first-order valence-corrected chi connectivity index (χ1v) is 8.47. The number of azo groups is 1. The summed E-state index contributed by atoms with van der Waals surface area (Å²) in [6.07, 6.45) is 2.43. The molecule has 3 rings (SSSR count). The van der Waals surface area contributed by atoms with E-state index in [2.05, 4.69) is 15.2 Å². The maximum Gasteiger partial charge on any atom is 0.366 e. The van der Waals surface area contributed by atoms with E-state index in [-0.39, 0.29) is 18.0 Å². The fourth-order valence-electron chi connectivity index (χ4n) is 2.63. The number of nitrogens with zero attached hydrogens (tertiary/aromatic N) is 2. The van der Waals surface area contributed by atoms with Crippen LogP contribution in [-0.4, -0.2) is 33.1 Å². The van der Waals surface area contributed by atoms with Crippen molar-refractivity contribution in [3.63, 3.8) is 0 Å². The van der Waals surface area contributed by atoms with Crippen LogP contribution in [0, 0.1) is 0 Å². The van der Waals surface area contributed by atoms with E-state index in [0.717, 1.165) is 6.08 Å². The Morgan fingerprint density at radius 3 is 2.69 bits per heavy atom. The van der Waals surface area contributed by atoms with Crippen LogP contribution >= 0.6 is 0 Å². The fraction of sp³-hybridized carbons (Fsp3) is 0.0500. The van der Waals surface area contributed by atoms with Gasteiger partial charge in [0.2, 0.25) is 5.88 Å². The number of aliphatic carboxylic acids is 1. The average Bonchev–Trinajstić information content (AvgIpc) is 2.99. The molecule has 1 aromatic heterocycles. The molecule has 0 radical (unpaired) electrons. The van der Waals surface area contributed by atoms with E-state index in [9.17, 15) is 19.5 Å². The highest BCUT2D eigenvalue weighted by Gasteiger charge is 2.11. The molecule has 146 valence electrons. The quantitative estimate of drug-likeness (QED) is 0.388. The van der Waals surface area contributed by atoms with Crippen molar-refractivity contribution in [2.75, 3.05) is 0 Å². The zero-order chi connectivity index (χ0) is 20.8. The summed E-state index contributed by atoms with van der Waals surface area (Å²) in [6, 6.07) is 12.6. The zero-order valence-electron chi connectivity index (χ0n) is 15.0. The van der Waals surface area contributed by atoms with Crippen molar-refractivity contribution in [1.29, 1.82) is 0 Å². The Kier molecular flexibility index (Phi) is 5.79. The lowest BCUT2D eigenvalue weighted by Crippen LogP contribution is -2.25. The second kappa shape index (κ2) is 8.61. The minimum Gasteiger partial charge on any atom is -0.493 e. The number of para-hydroxylation sites is 1. The molecule has 1 heterocycles. The standard InChI is InChI=1S/C20H16N4O5/c25-16(9-8-12-4-3-5-13(10-12)11-17(26)27)22-20(29)24-23-18-14-6-1-2-7-15(14)21-19(18)28/h1-10,21,28H,11H2,(H,26,27)(H,22,25,29)/b9-8+,24-23?. The molecule has 29 heavy (non-hydrogen) atoms. The Labute approximate surface area is 164 Å². The Bertz CT molecular complexity index is 1150. The lowest BCUT2D eigenvalue weighted by molar-refractivity contribution is -0.136. The maximum absolute atomic E-state index is 11.9. The number of fused-ring (bicyclic) bond motifs is 1. The van der Waals surface area contributed by atoms with Crippen LogP contribution < -0.4 is 5.32 Å². The van der Waals surface area contributed by atoms with E-state index in [1.165, 1.54) is 6.08 Å². The van der Waals surface area contributed by atoms with Gasteiger partial charge in [0.15, 0.2) is 5.69 Å². The molecule has 2 aromatic carbocycles. The minimum atomic E-state index is -0.996. The number of urea groups is 1. The van der Waals surface area contributed by atoms with Gasteiger partial charge in [-0.2, -0.15) is 0 Å². The first kappa shape index (κ1) is 19.5. The number of carbonyl (C=O) groups is 3. The molecule has 4 N–H and O–H groups in total. The number of aromatic hydroxyl groups is 1. The summed E-state index contributed by atoms with van der Waals surface area (Å²) >= 11 is 0. The van der Waals surface area contributed by atoms with Gasteiger partial charge in [0.1, 0.15) is 0 Å². The van der Waals surface area contributed by atoms with Crippen LogP contribution in [0.5, 0.6) is 5.88 Å². The molecule has 9 nitrogen and oxygen atoms in total. The monoisotopic (exact) mass is 392 g/mol. The number of carbonyl (C=O) groups excluding carboxylic acids is 2. The largest absolute Gasteiger partial charge is 0.493 e. The molecule has 0 unspecified atom stereocenters. The van der Waals surface area contributed by atoms with Gasteiger partial charge in [-0.3, -0.25) is 14.9 Å². The number of aromatic nitrogens is 1. The normalized spacial score (nSPS) is 11.3.